The van der Waals surface area contributed by atoms with Gasteiger partial charge >= 0.3 is 6.09 Å². The summed E-state index contributed by atoms with van der Waals surface area (Å²) < 4.78 is 7.55. The zero-order chi connectivity index (χ0) is 31.2. The number of carbonyl (C=O) groups is 2. The highest BCUT2D eigenvalue weighted by Crippen LogP contribution is 2.35. The van der Waals surface area contributed by atoms with Gasteiger partial charge in [-0.05, 0) is 77.8 Å². The molecule has 0 unspecified atom stereocenters. The lowest BCUT2D eigenvalue weighted by molar-refractivity contribution is 0.0282. The quantitative estimate of drug-likeness (QED) is 0.286. The Kier molecular flexibility index (Phi) is 7.56. The van der Waals surface area contributed by atoms with Gasteiger partial charge in [0, 0.05) is 30.9 Å². The number of hydrogen-bond acceptors (Lipinski definition) is 8. The SMILES string of the molecule is Cc1nnc(-c2cccc(N3Cc4c(cc(N5CCC[C@H]5C)nc4CN(C)C(=O)OC(C)(C)C)C3=O)n2)n1-c1ccccc1. The van der Waals surface area contributed by atoms with Crippen LogP contribution in [0.2, 0.25) is 0 Å². The van der Waals surface area contributed by atoms with E-state index in [0.29, 0.717) is 34.6 Å². The molecule has 1 saturated heterocycles. The first-order chi connectivity index (χ1) is 21.0. The Bertz CT molecular complexity index is 1710. The van der Waals surface area contributed by atoms with Crippen LogP contribution in [0.5, 0.6) is 0 Å². The van der Waals surface area contributed by atoms with E-state index in [1.54, 1.807) is 11.9 Å². The van der Waals surface area contributed by atoms with Crippen molar-refractivity contribution in [1.29, 1.82) is 0 Å². The zero-order valence-electron chi connectivity index (χ0n) is 26.1. The Balaban J connectivity index is 1.36. The van der Waals surface area contributed by atoms with Crippen molar-refractivity contribution in [1.82, 2.24) is 29.6 Å². The Morgan fingerprint density at radius 1 is 1.05 bits per heavy atom. The van der Waals surface area contributed by atoms with Gasteiger partial charge in [0.1, 0.15) is 28.8 Å². The van der Waals surface area contributed by atoms with Crippen LogP contribution < -0.4 is 9.80 Å². The highest BCUT2D eigenvalue weighted by molar-refractivity contribution is 6.10. The van der Waals surface area contributed by atoms with Crippen molar-refractivity contribution in [2.24, 2.45) is 0 Å². The Hall–Kier alpha value is -4.80. The largest absolute Gasteiger partial charge is 0.444 e. The van der Waals surface area contributed by atoms with Crippen LogP contribution >= 0.6 is 0 Å². The Morgan fingerprint density at radius 3 is 2.52 bits per heavy atom. The van der Waals surface area contributed by atoms with Crippen LogP contribution in [-0.4, -0.2) is 66.9 Å². The van der Waals surface area contributed by atoms with Crippen LogP contribution in [0.15, 0.2) is 54.6 Å². The summed E-state index contributed by atoms with van der Waals surface area (Å²) in [6.07, 6.45) is 1.69. The number of ether oxygens (including phenoxy) is 1. The summed E-state index contributed by atoms with van der Waals surface area (Å²) in [6.45, 7) is 11.0. The molecule has 2 amide bonds. The van der Waals surface area contributed by atoms with E-state index in [4.69, 9.17) is 14.7 Å². The number of aryl methyl sites for hydroxylation is 1. The highest BCUT2D eigenvalue weighted by atomic mass is 16.6. The van der Waals surface area contributed by atoms with Gasteiger partial charge in [-0.25, -0.2) is 14.8 Å². The second kappa shape index (κ2) is 11.4. The van der Waals surface area contributed by atoms with E-state index in [2.05, 4.69) is 22.0 Å². The standard InChI is InChI=1S/C33H38N8O3/c1-21-12-11-17-39(21)29-18-24-25(27(35-29)20-38(6)32(43)44-33(3,4)5)19-40(31(24)42)28-16-10-15-26(34-28)30-37-36-22(2)41(30)23-13-8-7-9-14-23/h7-10,13-16,18,21H,11-12,17,19-20H2,1-6H3/t21-/m1/s1. The van der Waals surface area contributed by atoms with E-state index < -0.39 is 11.7 Å². The second-order valence-corrected chi connectivity index (χ2v) is 12.5. The normalized spacial score (nSPS) is 16.4. The topological polar surface area (TPSA) is 110 Å². The molecule has 1 aromatic carbocycles. The summed E-state index contributed by atoms with van der Waals surface area (Å²) >= 11 is 0. The fourth-order valence-corrected chi connectivity index (χ4v) is 5.83. The van der Waals surface area contributed by atoms with Crippen molar-refractivity contribution in [2.75, 3.05) is 23.4 Å². The molecule has 0 saturated carbocycles. The first-order valence-electron chi connectivity index (χ1n) is 15.0. The van der Waals surface area contributed by atoms with Crippen LogP contribution in [0.4, 0.5) is 16.4 Å². The molecule has 0 N–H and O–H groups in total. The first kappa shape index (κ1) is 29.3. The molecule has 11 nitrogen and oxygen atoms in total. The number of hydrogen-bond donors (Lipinski definition) is 0. The van der Waals surface area contributed by atoms with Crippen molar-refractivity contribution in [3.05, 3.63) is 77.2 Å². The number of fused-ring (bicyclic) bond motifs is 1. The minimum Gasteiger partial charge on any atom is -0.444 e. The van der Waals surface area contributed by atoms with Crippen molar-refractivity contribution < 1.29 is 14.3 Å². The summed E-state index contributed by atoms with van der Waals surface area (Å²) in [4.78, 5) is 42.3. The van der Waals surface area contributed by atoms with Crippen molar-refractivity contribution in [2.45, 2.75) is 72.2 Å². The van der Waals surface area contributed by atoms with Crippen LogP contribution in [0.1, 0.15) is 68.0 Å². The Labute approximate surface area is 257 Å². The molecular weight excluding hydrogens is 556 g/mol. The zero-order valence-corrected chi connectivity index (χ0v) is 26.1. The fourth-order valence-electron chi connectivity index (χ4n) is 5.83. The molecule has 2 aliphatic heterocycles. The van der Waals surface area contributed by atoms with Gasteiger partial charge in [-0.15, -0.1) is 10.2 Å². The molecule has 11 heteroatoms. The lowest BCUT2D eigenvalue weighted by atomic mass is 10.1. The first-order valence-corrected chi connectivity index (χ1v) is 15.0. The number of para-hydroxylation sites is 1. The molecule has 6 rings (SSSR count). The summed E-state index contributed by atoms with van der Waals surface area (Å²) in [5, 5.41) is 8.73. The lowest BCUT2D eigenvalue weighted by Crippen LogP contribution is -2.34. The number of rotatable bonds is 6. The average molecular weight is 595 g/mol. The summed E-state index contributed by atoms with van der Waals surface area (Å²) in [6, 6.07) is 17.7. The number of benzene rings is 1. The maximum Gasteiger partial charge on any atom is 0.410 e. The minimum absolute atomic E-state index is 0.151. The van der Waals surface area contributed by atoms with E-state index in [-0.39, 0.29) is 19.0 Å². The van der Waals surface area contributed by atoms with Crippen LogP contribution in [0.25, 0.3) is 17.2 Å². The number of nitrogens with zero attached hydrogens (tertiary/aromatic N) is 8. The molecule has 3 aromatic heterocycles. The van der Waals surface area contributed by atoms with Crippen LogP contribution in [-0.2, 0) is 17.8 Å². The predicted molar refractivity (Wildman–Crippen MR) is 168 cm³/mol. The second-order valence-electron chi connectivity index (χ2n) is 12.5. The fraction of sp³-hybridized carbons (Fsp3) is 0.394. The molecule has 44 heavy (non-hydrogen) atoms. The molecule has 0 bridgehead atoms. The third kappa shape index (κ3) is 5.61. The minimum atomic E-state index is -0.625. The number of carbonyl (C=O) groups excluding carboxylic acids is 2. The van der Waals surface area contributed by atoms with E-state index >= 15 is 0 Å². The van der Waals surface area contributed by atoms with E-state index in [9.17, 15) is 9.59 Å². The van der Waals surface area contributed by atoms with Gasteiger partial charge < -0.3 is 14.5 Å². The molecule has 0 spiro atoms. The summed E-state index contributed by atoms with van der Waals surface area (Å²) in [5.41, 5.74) is 2.95. The van der Waals surface area contributed by atoms with Gasteiger partial charge in [0.15, 0.2) is 5.82 Å². The van der Waals surface area contributed by atoms with E-state index in [1.165, 1.54) is 4.90 Å². The highest BCUT2D eigenvalue weighted by Gasteiger charge is 2.35. The molecule has 1 atom stereocenters. The van der Waals surface area contributed by atoms with Crippen molar-refractivity contribution in [3.8, 4) is 17.2 Å². The van der Waals surface area contributed by atoms with E-state index in [0.717, 1.165) is 42.3 Å². The molecule has 1 fully saturated rings. The molecule has 5 heterocycles. The molecular formula is C33H38N8O3. The number of pyridine rings is 2. The van der Waals surface area contributed by atoms with Gasteiger partial charge in [0.05, 0.1) is 24.3 Å². The maximum absolute atomic E-state index is 14.0. The van der Waals surface area contributed by atoms with Gasteiger partial charge in [-0.2, -0.15) is 0 Å². The van der Waals surface area contributed by atoms with E-state index in [1.807, 2.05) is 86.9 Å². The smallest absolute Gasteiger partial charge is 0.410 e. The molecule has 228 valence electrons. The molecule has 4 aromatic rings. The average Bonchev–Trinajstić information content (AvgIpc) is 3.69. The van der Waals surface area contributed by atoms with Gasteiger partial charge in [0.2, 0.25) is 0 Å². The monoisotopic (exact) mass is 594 g/mol. The van der Waals surface area contributed by atoms with Gasteiger partial charge in [-0.1, -0.05) is 24.3 Å². The third-order valence-electron chi connectivity index (χ3n) is 8.01. The Morgan fingerprint density at radius 2 is 1.82 bits per heavy atom. The van der Waals surface area contributed by atoms with Crippen LogP contribution in [0, 0.1) is 6.92 Å². The number of anilines is 2. The third-order valence-corrected chi connectivity index (χ3v) is 8.01. The molecule has 0 aliphatic carbocycles. The molecule has 2 aliphatic rings. The van der Waals surface area contributed by atoms with Gasteiger partial charge in [-0.3, -0.25) is 14.3 Å². The summed E-state index contributed by atoms with van der Waals surface area (Å²) in [5.74, 6) is 2.43. The lowest BCUT2D eigenvalue weighted by Gasteiger charge is -2.26. The number of amides is 2. The molecule has 0 radical (unpaired) electrons. The van der Waals surface area contributed by atoms with Gasteiger partial charge in [0.25, 0.3) is 5.91 Å². The van der Waals surface area contributed by atoms with Crippen molar-refractivity contribution >= 4 is 23.6 Å². The predicted octanol–water partition coefficient (Wildman–Crippen LogP) is 5.55. The summed E-state index contributed by atoms with van der Waals surface area (Å²) in [7, 11) is 1.69. The maximum atomic E-state index is 14.0. The van der Waals surface area contributed by atoms with Crippen LogP contribution in [0.3, 0.4) is 0 Å². The number of aromatic nitrogens is 5. The van der Waals surface area contributed by atoms with Crippen molar-refractivity contribution in [3.63, 3.8) is 0 Å².